The van der Waals surface area contributed by atoms with E-state index < -0.39 is 0 Å². The maximum absolute atomic E-state index is 11.8. The average molecular weight is 274 g/mol. The van der Waals surface area contributed by atoms with E-state index in [1.54, 1.807) is 12.3 Å². The normalized spacial score (nSPS) is 18.9. The molecule has 1 aliphatic rings. The molecule has 1 N–H and O–H groups in total. The Morgan fingerprint density at radius 2 is 2.45 bits per heavy atom. The van der Waals surface area contributed by atoms with Crippen LogP contribution in [-0.2, 0) is 4.79 Å². The average Bonchev–Trinajstić information content (AvgIpc) is 2.88. The number of hydrogen-bond acceptors (Lipinski definition) is 4. The summed E-state index contributed by atoms with van der Waals surface area (Å²) in [5, 5.41) is 3.05. The summed E-state index contributed by atoms with van der Waals surface area (Å²) in [7, 11) is 3.95. The van der Waals surface area contributed by atoms with Crippen molar-refractivity contribution < 1.29 is 4.79 Å². The molecule has 0 aliphatic carbocycles. The highest BCUT2D eigenvalue weighted by Gasteiger charge is 2.23. The van der Waals surface area contributed by atoms with Crippen LogP contribution < -0.4 is 10.2 Å². The number of likely N-dealkylation sites (N-methyl/N-ethyl adjacent to an activating group) is 1. The largest absolute Gasteiger partial charge is 0.368 e. The number of hydrogen-bond donors (Lipinski definition) is 1. The molecule has 1 saturated heterocycles. The first kappa shape index (κ1) is 14.5. The van der Waals surface area contributed by atoms with E-state index in [1.807, 2.05) is 43.4 Å². The number of carbonyl (C=O) groups is 1. The number of carbonyl (C=O) groups excluding carboxylic acids is 1. The van der Waals surface area contributed by atoms with E-state index in [1.165, 1.54) is 0 Å². The van der Waals surface area contributed by atoms with Crippen molar-refractivity contribution in [3.63, 3.8) is 0 Å². The lowest BCUT2D eigenvalue weighted by Gasteiger charge is -2.18. The monoisotopic (exact) mass is 274 g/mol. The molecule has 5 heteroatoms. The van der Waals surface area contributed by atoms with Gasteiger partial charge in [-0.25, -0.2) is 0 Å². The van der Waals surface area contributed by atoms with Crippen LogP contribution in [0.2, 0.25) is 0 Å². The summed E-state index contributed by atoms with van der Waals surface area (Å²) in [6.45, 7) is 2.58. The molecule has 2 heterocycles. The summed E-state index contributed by atoms with van der Waals surface area (Å²) in [5.41, 5.74) is 1.12. The van der Waals surface area contributed by atoms with Gasteiger partial charge in [-0.1, -0.05) is 6.08 Å². The summed E-state index contributed by atoms with van der Waals surface area (Å²) in [6.07, 6.45) is 8.10. The Kier molecular flexibility index (Phi) is 5.12. The first-order chi connectivity index (χ1) is 9.65. The van der Waals surface area contributed by atoms with Crippen molar-refractivity contribution in [3.05, 3.63) is 36.7 Å². The van der Waals surface area contributed by atoms with Gasteiger partial charge < -0.3 is 15.1 Å². The minimum absolute atomic E-state index is 0.00936. The molecule has 1 aliphatic heterocycles. The van der Waals surface area contributed by atoms with E-state index in [4.69, 9.17) is 0 Å². The second kappa shape index (κ2) is 7.05. The standard InChI is InChI=1S/C15H22N4O/c1-18(2)9-4-6-15(20)17-13-7-10-19(12-13)14-5-3-8-16-11-14/h3-6,8,11,13H,7,9-10,12H2,1-2H3,(H,17,20)/b6-4+. The van der Waals surface area contributed by atoms with Gasteiger partial charge in [0.15, 0.2) is 0 Å². The molecule has 1 atom stereocenters. The van der Waals surface area contributed by atoms with Gasteiger partial charge in [-0.15, -0.1) is 0 Å². The Morgan fingerprint density at radius 3 is 3.15 bits per heavy atom. The van der Waals surface area contributed by atoms with Crippen LogP contribution in [0.25, 0.3) is 0 Å². The van der Waals surface area contributed by atoms with Gasteiger partial charge in [0, 0.05) is 37.9 Å². The smallest absolute Gasteiger partial charge is 0.243 e. The van der Waals surface area contributed by atoms with Gasteiger partial charge in [0.05, 0.1) is 11.9 Å². The van der Waals surface area contributed by atoms with Gasteiger partial charge in [0.1, 0.15) is 0 Å². The van der Waals surface area contributed by atoms with Crippen LogP contribution >= 0.6 is 0 Å². The molecule has 0 spiro atoms. The molecule has 1 fully saturated rings. The predicted molar refractivity (Wildman–Crippen MR) is 80.7 cm³/mol. The fourth-order valence-corrected chi connectivity index (χ4v) is 2.27. The first-order valence-electron chi connectivity index (χ1n) is 6.92. The lowest BCUT2D eigenvalue weighted by atomic mass is 10.2. The number of nitrogens with one attached hydrogen (secondary N) is 1. The van der Waals surface area contributed by atoms with Crippen molar-refractivity contribution in [2.75, 3.05) is 38.6 Å². The van der Waals surface area contributed by atoms with Crippen molar-refractivity contribution >= 4 is 11.6 Å². The first-order valence-corrected chi connectivity index (χ1v) is 6.92. The van der Waals surface area contributed by atoms with Gasteiger partial charge in [0.25, 0.3) is 0 Å². The SMILES string of the molecule is CN(C)C/C=C/C(=O)NC1CCN(c2cccnc2)C1. The number of pyridine rings is 1. The second-order valence-corrected chi connectivity index (χ2v) is 5.32. The van der Waals surface area contributed by atoms with Crippen LogP contribution in [0.3, 0.4) is 0 Å². The lowest BCUT2D eigenvalue weighted by molar-refractivity contribution is -0.117. The molecule has 1 amide bonds. The van der Waals surface area contributed by atoms with Crippen molar-refractivity contribution in [1.82, 2.24) is 15.2 Å². The zero-order valence-corrected chi connectivity index (χ0v) is 12.1. The molecular formula is C15H22N4O. The molecule has 0 saturated carbocycles. The van der Waals surface area contributed by atoms with Crippen molar-refractivity contribution in [3.8, 4) is 0 Å². The number of anilines is 1. The molecule has 108 valence electrons. The molecule has 1 aromatic heterocycles. The Hall–Kier alpha value is -1.88. The van der Waals surface area contributed by atoms with Crippen LogP contribution in [0.4, 0.5) is 5.69 Å². The van der Waals surface area contributed by atoms with Gasteiger partial charge in [-0.05, 0) is 32.6 Å². The summed E-state index contributed by atoms with van der Waals surface area (Å²) < 4.78 is 0. The van der Waals surface area contributed by atoms with E-state index in [9.17, 15) is 4.79 Å². The van der Waals surface area contributed by atoms with Crippen LogP contribution in [0.15, 0.2) is 36.7 Å². The zero-order valence-electron chi connectivity index (χ0n) is 12.1. The van der Waals surface area contributed by atoms with Crippen molar-refractivity contribution in [2.24, 2.45) is 0 Å². The molecule has 1 aromatic rings. The zero-order chi connectivity index (χ0) is 14.4. The van der Waals surface area contributed by atoms with E-state index >= 15 is 0 Å². The third-order valence-corrected chi connectivity index (χ3v) is 3.29. The van der Waals surface area contributed by atoms with Crippen molar-refractivity contribution in [2.45, 2.75) is 12.5 Å². The molecule has 5 nitrogen and oxygen atoms in total. The highest BCUT2D eigenvalue weighted by molar-refractivity contribution is 5.87. The summed E-state index contributed by atoms with van der Waals surface area (Å²) in [6, 6.07) is 4.20. The molecule has 0 aromatic carbocycles. The third-order valence-electron chi connectivity index (χ3n) is 3.29. The molecule has 20 heavy (non-hydrogen) atoms. The minimum atomic E-state index is -0.00936. The fourth-order valence-electron chi connectivity index (χ4n) is 2.27. The Morgan fingerprint density at radius 1 is 1.60 bits per heavy atom. The highest BCUT2D eigenvalue weighted by atomic mass is 16.1. The topological polar surface area (TPSA) is 48.5 Å². The molecular weight excluding hydrogens is 252 g/mol. The highest BCUT2D eigenvalue weighted by Crippen LogP contribution is 2.18. The van der Waals surface area contributed by atoms with Crippen LogP contribution in [0.5, 0.6) is 0 Å². The number of amides is 1. The van der Waals surface area contributed by atoms with E-state index in [0.29, 0.717) is 0 Å². The van der Waals surface area contributed by atoms with Gasteiger partial charge >= 0.3 is 0 Å². The maximum atomic E-state index is 11.8. The molecule has 0 radical (unpaired) electrons. The minimum Gasteiger partial charge on any atom is -0.368 e. The quantitative estimate of drug-likeness (QED) is 0.810. The number of rotatable bonds is 5. The summed E-state index contributed by atoms with van der Waals surface area (Å²) in [4.78, 5) is 20.2. The third kappa shape index (κ3) is 4.35. The van der Waals surface area contributed by atoms with Crippen molar-refractivity contribution in [1.29, 1.82) is 0 Å². The van der Waals surface area contributed by atoms with Crippen LogP contribution in [0, 0.1) is 0 Å². The summed E-state index contributed by atoms with van der Waals surface area (Å²) in [5.74, 6) is -0.00936. The Bertz CT molecular complexity index is 458. The van der Waals surface area contributed by atoms with Gasteiger partial charge in [-0.2, -0.15) is 0 Å². The Balaban J connectivity index is 1.79. The maximum Gasteiger partial charge on any atom is 0.243 e. The van der Waals surface area contributed by atoms with E-state index in [2.05, 4.69) is 15.2 Å². The van der Waals surface area contributed by atoms with Gasteiger partial charge in [-0.3, -0.25) is 9.78 Å². The Labute approximate surface area is 120 Å². The van der Waals surface area contributed by atoms with Crippen LogP contribution in [0.1, 0.15) is 6.42 Å². The molecule has 0 bridgehead atoms. The van der Waals surface area contributed by atoms with E-state index in [-0.39, 0.29) is 11.9 Å². The number of nitrogens with zero attached hydrogens (tertiary/aromatic N) is 3. The second-order valence-electron chi connectivity index (χ2n) is 5.32. The molecule has 1 unspecified atom stereocenters. The van der Waals surface area contributed by atoms with E-state index in [0.717, 1.165) is 31.7 Å². The van der Waals surface area contributed by atoms with Gasteiger partial charge in [0.2, 0.25) is 5.91 Å². The van der Waals surface area contributed by atoms with Crippen LogP contribution in [-0.4, -0.2) is 55.6 Å². The fraction of sp³-hybridized carbons (Fsp3) is 0.467. The molecule has 2 rings (SSSR count). The summed E-state index contributed by atoms with van der Waals surface area (Å²) >= 11 is 0. The predicted octanol–water partition coefficient (Wildman–Crippen LogP) is 0.894. The lowest BCUT2D eigenvalue weighted by Crippen LogP contribution is -2.36. The number of aromatic nitrogens is 1.